The lowest BCUT2D eigenvalue weighted by atomic mass is 10.0. The highest BCUT2D eigenvalue weighted by Gasteiger charge is 2.26. The van der Waals surface area contributed by atoms with Gasteiger partial charge in [0.1, 0.15) is 29.5 Å². The number of hydrogen-bond acceptors (Lipinski definition) is 7. The third kappa shape index (κ3) is 5.98. The lowest BCUT2D eigenvalue weighted by molar-refractivity contribution is -0.127. The van der Waals surface area contributed by atoms with Crippen LogP contribution in [0.1, 0.15) is 24.0 Å². The molecule has 0 spiro atoms. The van der Waals surface area contributed by atoms with E-state index in [1.54, 1.807) is 53.4 Å². The van der Waals surface area contributed by atoms with Crippen LogP contribution in [-0.4, -0.2) is 45.6 Å². The zero-order valence-electron chi connectivity index (χ0n) is 18.8. The molecule has 1 atom stereocenters. The number of rotatable bonds is 7. The predicted octanol–water partition coefficient (Wildman–Crippen LogP) is 5.23. The van der Waals surface area contributed by atoms with Crippen LogP contribution in [0.2, 0.25) is 5.02 Å². The van der Waals surface area contributed by atoms with Gasteiger partial charge in [-0.05, 0) is 77.3 Å². The number of nitrogens with zero attached hydrogens (tertiary/aromatic N) is 3. The highest BCUT2D eigenvalue weighted by atomic mass is 79.9. The number of nitrogens with two attached hydrogens (primary N) is 1. The topological polar surface area (TPSA) is 117 Å². The molecule has 35 heavy (non-hydrogen) atoms. The quantitative estimate of drug-likeness (QED) is 0.271. The Morgan fingerprint density at radius 2 is 1.83 bits per heavy atom. The molecule has 1 aliphatic heterocycles. The molecule has 3 aromatic rings. The maximum absolute atomic E-state index is 12.3. The van der Waals surface area contributed by atoms with Crippen LogP contribution < -0.4 is 15.8 Å². The van der Waals surface area contributed by atoms with Crippen molar-refractivity contribution in [1.29, 1.82) is 5.41 Å². The molecule has 0 aliphatic carbocycles. The molecule has 1 fully saturated rings. The van der Waals surface area contributed by atoms with E-state index in [1.165, 1.54) is 6.33 Å². The number of ether oxygens (including phenoxy) is 1. The average Bonchev–Trinajstić information content (AvgIpc) is 2.85. The van der Waals surface area contributed by atoms with Crippen molar-refractivity contribution in [3.63, 3.8) is 0 Å². The van der Waals surface area contributed by atoms with E-state index in [2.05, 4.69) is 37.8 Å². The first kappa shape index (κ1) is 24.7. The molecule has 1 aromatic heterocycles. The van der Waals surface area contributed by atoms with Gasteiger partial charge in [-0.15, -0.1) is 0 Å². The van der Waals surface area contributed by atoms with Gasteiger partial charge >= 0.3 is 0 Å². The Morgan fingerprint density at radius 1 is 1.17 bits per heavy atom. The van der Waals surface area contributed by atoms with Crippen molar-refractivity contribution >= 4 is 50.8 Å². The molecule has 2 heterocycles. The third-order valence-corrected chi connectivity index (χ3v) is 6.19. The molecule has 2 aromatic carbocycles. The Labute approximate surface area is 216 Å². The standard InChI is InChI=1S/C25H24BrClN6O2/c1-15(26)25(34)33-12-2-3-18(13-33)32-24-21(23(29)30-14-31-24)22(28)16-4-8-19(9-5-16)35-20-10-6-17(27)7-11-20/h4-11,14,18,28H,1-3,12-13H2,(H3,29,30,31,32). The molecule has 1 saturated heterocycles. The summed E-state index contributed by atoms with van der Waals surface area (Å²) >= 11 is 9.09. The molecular weight excluding hydrogens is 532 g/mol. The van der Waals surface area contributed by atoms with Crippen molar-refractivity contribution in [3.05, 3.63) is 82.1 Å². The Morgan fingerprint density at radius 3 is 2.49 bits per heavy atom. The number of anilines is 2. The number of piperidine rings is 1. The van der Waals surface area contributed by atoms with Gasteiger partial charge in [0, 0.05) is 29.7 Å². The summed E-state index contributed by atoms with van der Waals surface area (Å²) in [7, 11) is 0. The van der Waals surface area contributed by atoms with Crippen molar-refractivity contribution in [3.8, 4) is 11.5 Å². The second-order valence-electron chi connectivity index (χ2n) is 8.08. The summed E-state index contributed by atoms with van der Waals surface area (Å²) in [6.07, 6.45) is 3.06. The van der Waals surface area contributed by atoms with Crippen molar-refractivity contribution in [2.45, 2.75) is 18.9 Å². The molecule has 4 N–H and O–H groups in total. The van der Waals surface area contributed by atoms with E-state index in [0.29, 0.717) is 51.0 Å². The summed E-state index contributed by atoms with van der Waals surface area (Å²) in [5.74, 6) is 1.81. The normalized spacial score (nSPS) is 15.4. The van der Waals surface area contributed by atoms with Gasteiger partial charge < -0.3 is 20.7 Å². The molecule has 10 heteroatoms. The van der Waals surface area contributed by atoms with Gasteiger partial charge in [-0.25, -0.2) is 9.97 Å². The van der Waals surface area contributed by atoms with Crippen molar-refractivity contribution in [2.24, 2.45) is 0 Å². The van der Waals surface area contributed by atoms with Crippen LogP contribution >= 0.6 is 27.5 Å². The molecular formula is C25H24BrClN6O2. The van der Waals surface area contributed by atoms with Crippen LogP contribution in [0.15, 0.2) is 65.9 Å². The fourth-order valence-corrected chi connectivity index (χ4v) is 4.25. The van der Waals surface area contributed by atoms with Crippen LogP contribution in [0.5, 0.6) is 11.5 Å². The number of amides is 1. The number of nitrogen functional groups attached to an aromatic ring is 1. The van der Waals surface area contributed by atoms with E-state index in [1.807, 2.05) is 0 Å². The Balaban J connectivity index is 1.51. The lowest BCUT2D eigenvalue weighted by Crippen LogP contribution is -2.45. The fourth-order valence-electron chi connectivity index (χ4n) is 3.87. The van der Waals surface area contributed by atoms with E-state index in [0.717, 1.165) is 12.8 Å². The summed E-state index contributed by atoms with van der Waals surface area (Å²) in [4.78, 5) is 22.5. The van der Waals surface area contributed by atoms with Crippen molar-refractivity contribution < 1.29 is 9.53 Å². The third-order valence-electron chi connectivity index (χ3n) is 5.60. The smallest absolute Gasteiger partial charge is 0.260 e. The SMILES string of the molecule is C=C(Br)C(=O)N1CCCC(Nc2ncnc(N)c2C(=N)c2ccc(Oc3ccc(Cl)cc3)cc2)C1. The monoisotopic (exact) mass is 554 g/mol. The Bertz CT molecular complexity index is 1250. The molecule has 4 rings (SSSR count). The number of nitrogens with one attached hydrogen (secondary N) is 2. The highest BCUT2D eigenvalue weighted by molar-refractivity contribution is 9.12. The summed E-state index contributed by atoms with van der Waals surface area (Å²) in [5.41, 5.74) is 7.40. The van der Waals surface area contributed by atoms with Gasteiger partial charge in [-0.3, -0.25) is 10.2 Å². The number of hydrogen-bond donors (Lipinski definition) is 3. The zero-order chi connectivity index (χ0) is 24.9. The fraction of sp³-hybridized carbons (Fsp3) is 0.200. The first-order valence-electron chi connectivity index (χ1n) is 11.0. The van der Waals surface area contributed by atoms with E-state index in [-0.39, 0.29) is 23.5 Å². The van der Waals surface area contributed by atoms with Crippen LogP contribution in [0.4, 0.5) is 11.6 Å². The van der Waals surface area contributed by atoms with Crippen LogP contribution in [0.3, 0.4) is 0 Å². The molecule has 0 bridgehead atoms. The van der Waals surface area contributed by atoms with Crippen molar-refractivity contribution in [2.75, 3.05) is 24.1 Å². The molecule has 0 radical (unpaired) electrons. The molecule has 8 nitrogen and oxygen atoms in total. The number of carbonyl (C=O) groups excluding carboxylic acids is 1. The first-order valence-corrected chi connectivity index (χ1v) is 12.1. The lowest BCUT2D eigenvalue weighted by Gasteiger charge is -2.33. The van der Waals surface area contributed by atoms with Gasteiger partial charge in [-0.2, -0.15) is 0 Å². The largest absolute Gasteiger partial charge is 0.457 e. The summed E-state index contributed by atoms with van der Waals surface area (Å²) in [5, 5.41) is 12.8. The van der Waals surface area contributed by atoms with Crippen molar-refractivity contribution in [1.82, 2.24) is 14.9 Å². The number of likely N-dealkylation sites (tertiary alicyclic amines) is 1. The maximum atomic E-state index is 12.3. The van der Waals surface area contributed by atoms with Gasteiger partial charge in [0.15, 0.2) is 0 Å². The maximum Gasteiger partial charge on any atom is 0.260 e. The summed E-state index contributed by atoms with van der Waals surface area (Å²) in [6.45, 7) is 4.84. The van der Waals surface area contributed by atoms with E-state index < -0.39 is 0 Å². The Hall–Kier alpha value is -3.43. The van der Waals surface area contributed by atoms with Crippen LogP contribution in [0, 0.1) is 5.41 Å². The zero-order valence-corrected chi connectivity index (χ0v) is 21.1. The average molecular weight is 556 g/mol. The van der Waals surface area contributed by atoms with E-state index in [4.69, 9.17) is 27.5 Å². The van der Waals surface area contributed by atoms with E-state index >= 15 is 0 Å². The number of aromatic nitrogens is 2. The van der Waals surface area contributed by atoms with Crippen LogP contribution in [-0.2, 0) is 4.79 Å². The minimum Gasteiger partial charge on any atom is -0.457 e. The van der Waals surface area contributed by atoms with Gasteiger partial charge in [-0.1, -0.05) is 18.2 Å². The van der Waals surface area contributed by atoms with Gasteiger partial charge in [0.2, 0.25) is 0 Å². The predicted molar refractivity (Wildman–Crippen MR) is 142 cm³/mol. The number of halogens is 2. The molecule has 1 unspecified atom stereocenters. The molecule has 1 aliphatic rings. The minimum absolute atomic E-state index is 0.0458. The Kier molecular flexibility index (Phi) is 7.67. The minimum atomic E-state index is -0.132. The van der Waals surface area contributed by atoms with E-state index in [9.17, 15) is 4.79 Å². The molecule has 180 valence electrons. The second-order valence-corrected chi connectivity index (χ2v) is 9.47. The summed E-state index contributed by atoms with van der Waals surface area (Å²) in [6, 6.07) is 14.2. The number of carbonyl (C=O) groups is 1. The van der Waals surface area contributed by atoms with Gasteiger partial charge in [0.25, 0.3) is 5.91 Å². The van der Waals surface area contributed by atoms with Gasteiger partial charge in [0.05, 0.1) is 15.8 Å². The second kappa shape index (κ2) is 10.9. The van der Waals surface area contributed by atoms with Crippen LogP contribution in [0.25, 0.3) is 0 Å². The molecule has 1 amide bonds. The highest BCUT2D eigenvalue weighted by Crippen LogP contribution is 2.27. The number of benzene rings is 2. The molecule has 0 saturated carbocycles. The first-order chi connectivity index (χ1) is 16.8. The summed E-state index contributed by atoms with van der Waals surface area (Å²) < 4.78 is 6.16.